The Morgan fingerprint density at radius 2 is 2.11 bits per heavy atom. The first-order valence-electron chi connectivity index (χ1n) is 5.33. The smallest absolute Gasteiger partial charge is 0.219 e. The summed E-state index contributed by atoms with van der Waals surface area (Å²) in [6, 6.07) is 8.75. The van der Waals surface area contributed by atoms with Crippen LogP contribution < -0.4 is 4.74 Å². The van der Waals surface area contributed by atoms with Crippen molar-refractivity contribution in [2.24, 2.45) is 0 Å². The van der Waals surface area contributed by atoms with Gasteiger partial charge in [-0.1, -0.05) is 27.5 Å². The fraction of sp³-hybridized carbons (Fsp3) is 0.154. The van der Waals surface area contributed by atoms with Gasteiger partial charge in [-0.2, -0.15) is 0 Å². The summed E-state index contributed by atoms with van der Waals surface area (Å²) in [5.74, 6) is 0.924. The van der Waals surface area contributed by atoms with E-state index in [1.807, 2.05) is 6.07 Å². The lowest BCUT2D eigenvalue weighted by Gasteiger charge is -2.09. The number of ether oxygens (including phenoxy) is 1. The number of aromatic nitrogens is 1. The summed E-state index contributed by atoms with van der Waals surface area (Å²) < 4.78 is 6.46. The van der Waals surface area contributed by atoms with Gasteiger partial charge in [-0.15, -0.1) is 0 Å². The fourth-order valence-corrected chi connectivity index (χ4v) is 2.12. The predicted molar refractivity (Wildman–Crippen MR) is 74.1 cm³/mol. The van der Waals surface area contributed by atoms with E-state index < -0.39 is 6.10 Å². The molecule has 1 N–H and O–H groups in total. The minimum absolute atomic E-state index is 0.401. The van der Waals surface area contributed by atoms with E-state index in [9.17, 15) is 5.11 Å². The van der Waals surface area contributed by atoms with Gasteiger partial charge in [-0.25, -0.2) is 4.98 Å². The molecule has 0 aliphatic heterocycles. The zero-order valence-electron chi connectivity index (χ0n) is 9.60. The van der Waals surface area contributed by atoms with Crippen molar-refractivity contribution in [2.75, 3.05) is 0 Å². The molecule has 0 spiro atoms. The Morgan fingerprint density at radius 3 is 2.78 bits per heavy atom. The Hall–Kier alpha value is -1.10. The van der Waals surface area contributed by atoms with Crippen LogP contribution >= 0.6 is 27.5 Å². The standard InChI is InChI=1S/C13H11BrClNO2/c1-8(17)9-4-5-16-13(6-9)18-12-3-2-10(14)7-11(12)15/h2-8,17H,1H3/t8-/m0/s1. The third-order valence-electron chi connectivity index (χ3n) is 2.35. The maximum Gasteiger partial charge on any atom is 0.219 e. The number of benzene rings is 1. The molecule has 2 aromatic rings. The molecular weight excluding hydrogens is 318 g/mol. The van der Waals surface area contributed by atoms with E-state index in [4.69, 9.17) is 16.3 Å². The maximum atomic E-state index is 9.49. The normalized spacial score (nSPS) is 12.2. The Kier molecular flexibility index (Phi) is 4.22. The van der Waals surface area contributed by atoms with Crippen LogP contribution in [0.5, 0.6) is 11.6 Å². The van der Waals surface area contributed by atoms with E-state index in [2.05, 4.69) is 20.9 Å². The molecule has 0 amide bonds. The van der Waals surface area contributed by atoms with Crippen LogP contribution in [0.2, 0.25) is 5.02 Å². The number of aliphatic hydroxyl groups is 1. The minimum Gasteiger partial charge on any atom is -0.437 e. The van der Waals surface area contributed by atoms with E-state index in [0.717, 1.165) is 10.0 Å². The van der Waals surface area contributed by atoms with Crippen molar-refractivity contribution in [2.45, 2.75) is 13.0 Å². The Balaban J connectivity index is 2.25. The second-order valence-corrected chi connectivity index (χ2v) is 5.10. The van der Waals surface area contributed by atoms with Crippen molar-refractivity contribution >= 4 is 27.5 Å². The molecule has 0 aliphatic rings. The summed E-state index contributed by atoms with van der Waals surface area (Å²) in [5.41, 5.74) is 0.744. The Morgan fingerprint density at radius 1 is 1.33 bits per heavy atom. The summed E-state index contributed by atoms with van der Waals surface area (Å²) in [6.07, 6.45) is 1.03. The molecule has 0 unspecified atom stereocenters. The van der Waals surface area contributed by atoms with Crippen LogP contribution in [0, 0.1) is 0 Å². The summed E-state index contributed by atoms with van der Waals surface area (Å²) in [6.45, 7) is 1.69. The highest BCUT2D eigenvalue weighted by Crippen LogP contribution is 2.31. The summed E-state index contributed by atoms with van der Waals surface area (Å²) in [5, 5.41) is 9.98. The van der Waals surface area contributed by atoms with Crippen molar-refractivity contribution < 1.29 is 9.84 Å². The van der Waals surface area contributed by atoms with Gasteiger partial charge in [0.15, 0.2) is 0 Å². The lowest BCUT2D eigenvalue weighted by atomic mass is 10.2. The molecule has 3 nitrogen and oxygen atoms in total. The molecule has 2 rings (SSSR count). The Labute approximate surface area is 119 Å². The van der Waals surface area contributed by atoms with Gasteiger partial charge in [-0.3, -0.25) is 0 Å². The molecule has 1 aromatic heterocycles. The molecule has 0 aliphatic carbocycles. The van der Waals surface area contributed by atoms with Gasteiger partial charge in [0, 0.05) is 16.7 Å². The first-order chi connectivity index (χ1) is 8.56. The first kappa shape index (κ1) is 13.3. The van der Waals surface area contributed by atoms with Crippen LogP contribution in [0.15, 0.2) is 41.0 Å². The molecule has 0 fully saturated rings. The summed E-state index contributed by atoms with van der Waals surface area (Å²) in [4.78, 5) is 4.08. The number of aliphatic hydroxyl groups excluding tert-OH is 1. The second-order valence-electron chi connectivity index (χ2n) is 3.78. The SMILES string of the molecule is C[C@H](O)c1ccnc(Oc2ccc(Br)cc2Cl)c1. The van der Waals surface area contributed by atoms with Gasteiger partial charge in [0.05, 0.1) is 11.1 Å². The quantitative estimate of drug-likeness (QED) is 0.911. The van der Waals surface area contributed by atoms with E-state index in [0.29, 0.717) is 16.7 Å². The first-order valence-corrected chi connectivity index (χ1v) is 6.50. The lowest BCUT2D eigenvalue weighted by Crippen LogP contribution is -1.94. The Bertz CT molecular complexity index is 560. The van der Waals surface area contributed by atoms with Gasteiger partial charge in [0.2, 0.25) is 5.88 Å². The molecule has 1 aromatic carbocycles. The van der Waals surface area contributed by atoms with Gasteiger partial charge >= 0.3 is 0 Å². The largest absolute Gasteiger partial charge is 0.437 e. The van der Waals surface area contributed by atoms with Crippen LogP contribution in [0.3, 0.4) is 0 Å². The molecular formula is C13H11BrClNO2. The molecule has 0 radical (unpaired) electrons. The fourth-order valence-electron chi connectivity index (χ4n) is 1.41. The number of hydrogen-bond donors (Lipinski definition) is 1. The van der Waals surface area contributed by atoms with E-state index >= 15 is 0 Å². The molecule has 94 valence electrons. The third kappa shape index (κ3) is 3.22. The van der Waals surface area contributed by atoms with Crippen molar-refractivity contribution in [1.82, 2.24) is 4.98 Å². The molecule has 5 heteroatoms. The maximum absolute atomic E-state index is 9.49. The summed E-state index contributed by atoms with van der Waals surface area (Å²) in [7, 11) is 0. The average molecular weight is 329 g/mol. The number of halogens is 2. The number of rotatable bonds is 3. The predicted octanol–water partition coefficient (Wildman–Crippen LogP) is 4.34. The van der Waals surface area contributed by atoms with Crippen molar-refractivity contribution in [1.29, 1.82) is 0 Å². The van der Waals surface area contributed by atoms with Gasteiger partial charge in [-0.05, 0) is 36.8 Å². The zero-order chi connectivity index (χ0) is 13.1. The molecule has 1 heterocycles. The van der Waals surface area contributed by atoms with Crippen molar-refractivity contribution in [3.8, 4) is 11.6 Å². The lowest BCUT2D eigenvalue weighted by molar-refractivity contribution is 0.198. The highest BCUT2D eigenvalue weighted by atomic mass is 79.9. The third-order valence-corrected chi connectivity index (χ3v) is 3.14. The number of hydrogen-bond acceptors (Lipinski definition) is 3. The van der Waals surface area contributed by atoms with Crippen LogP contribution in [0.4, 0.5) is 0 Å². The van der Waals surface area contributed by atoms with E-state index in [1.165, 1.54) is 0 Å². The van der Waals surface area contributed by atoms with Crippen LogP contribution in [0.1, 0.15) is 18.6 Å². The van der Waals surface area contributed by atoms with Crippen LogP contribution in [-0.4, -0.2) is 10.1 Å². The molecule has 0 saturated carbocycles. The second kappa shape index (κ2) is 5.69. The van der Waals surface area contributed by atoms with Crippen molar-refractivity contribution in [3.63, 3.8) is 0 Å². The molecule has 0 saturated heterocycles. The number of nitrogens with zero attached hydrogens (tertiary/aromatic N) is 1. The average Bonchev–Trinajstić information content (AvgIpc) is 2.33. The molecule has 1 atom stereocenters. The van der Waals surface area contributed by atoms with E-state index in [-0.39, 0.29) is 0 Å². The van der Waals surface area contributed by atoms with Gasteiger partial charge < -0.3 is 9.84 Å². The highest BCUT2D eigenvalue weighted by molar-refractivity contribution is 9.10. The van der Waals surface area contributed by atoms with Crippen LogP contribution in [-0.2, 0) is 0 Å². The topological polar surface area (TPSA) is 42.4 Å². The summed E-state index contributed by atoms with van der Waals surface area (Å²) >= 11 is 9.37. The monoisotopic (exact) mass is 327 g/mol. The minimum atomic E-state index is -0.560. The zero-order valence-corrected chi connectivity index (χ0v) is 11.9. The van der Waals surface area contributed by atoms with E-state index in [1.54, 1.807) is 37.4 Å². The van der Waals surface area contributed by atoms with Gasteiger partial charge in [0.25, 0.3) is 0 Å². The van der Waals surface area contributed by atoms with Gasteiger partial charge in [0.1, 0.15) is 5.75 Å². The molecule has 18 heavy (non-hydrogen) atoms. The van der Waals surface area contributed by atoms with Crippen LogP contribution in [0.25, 0.3) is 0 Å². The van der Waals surface area contributed by atoms with Crippen molar-refractivity contribution in [3.05, 3.63) is 51.6 Å². The highest BCUT2D eigenvalue weighted by Gasteiger charge is 2.07. The number of pyridine rings is 1. The molecule has 0 bridgehead atoms.